The molecule has 0 radical (unpaired) electrons. The molecule has 1 N–H and O–H groups in total. The van der Waals surface area contributed by atoms with Gasteiger partial charge in [-0.3, -0.25) is 0 Å². The zero-order valence-electron chi connectivity index (χ0n) is 11.2. The van der Waals surface area contributed by atoms with Gasteiger partial charge in [0.25, 0.3) is 0 Å². The maximum atomic E-state index is 10.8. The zero-order valence-corrected chi connectivity index (χ0v) is 11.2. The second kappa shape index (κ2) is 5.50. The zero-order chi connectivity index (χ0) is 15.5. The van der Waals surface area contributed by atoms with Gasteiger partial charge in [-0.2, -0.15) is 5.26 Å². The second-order valence-electron chi connectivity index (χ2n) is 4.48. The summed E-state index contributed by atoms with van der Waals surface area (Å²) in [6.45, 7) is 0. The molecule has 0 amide bonds. The smallest absolute Gasteiger partial charge is 0.346 e. The third kappa shape index (κ3) is 2.55. The van der Waals surface area contributed by atoms with Gasteiger partial charge in [-0.1, -0.05) is 30.3 Å². The molecule has 6 nitrogen and oxygen atoms in total. The molecule has 1 aromatic heterocycles. The number of rotatable bonds is 3. The highest BCUT2D eigenvalue weighted by molar-refractivity contribution is 5.95. The normalized spacial score (nSPS) is 11.3. The van der Waals surface area contributed by atoms with Crippen molar-refractivity contribution in [2.24, 2.45) is 0 Å². The first kappa shape index (κ1) is 13.5. The van der Waals surface area contributed by atoms with Crippen molar-refractivity contribution in [2.45, 2.75) is 0 Å². The Bertz CT molecular complexity index is 935. The molecule has 0 aliphatic carbocycles. The highest BCUT2D eigenvalue weighted by Gasteiger charge is 2.11. The van der Waals surface area contributed by atoms with Crippen LogP contribution in [0, 0.1) is 11.3 Å². The maximum absolute atomic E-state index is 10.8. The van der Waals surface area contributed by atoms with E-state index >= 15 is 0 Å². The van der Waals surface area contributed by atoms with Crippen LogP contribution in [0.5, 0.6) is 0 Å². The molecule has 0 aliphatic rings. The van der Waals surface area contributed by atoms with E-state index in [1.54, 1.807) is 6.07 Å². The third-order valence-electron chi connectivity index (χ3n) is 3.06. The lowest BCUT2D eigenvalue weighted by Crippen LogP contribution is -1.97. The van der Waals surface area contributed by atoms with E-state index in [4.69, 9.17) is 14.8 Å². The first-order valence-electron chi connectivity index (χ1n) is 6.35. The topological polar surface area (TPSA) is 100 Å². The molecule has 0 atom stereocenters. The Morgan fingerprint density at radius 2 is 1.95 bits per heavy atom. The minimum atomic E-state index is -1.34. The number of aromatic nitrogens is 2. The molecule has 0 fully saturated rings. The summed E-state index contributed by atoms with van der Waals surface area (Å²) in [4.78, 5) is 10.8. The van der Waals surface area contributed by atoms with Crippen molar-refractivity contribution in [3.05, 3.63) is 53.9 Å². The first-order valence-corrected chi connectivity index (χ1v) is 6.35. The predicted molar refractivity (Wildman–Crippen MR) is 78.5 cm³/mol. The van der Waals surface area contributed by atoms with Crippen LogP contribution in [0.3, 0.4) is 0 Å². The Morgan fingerprint density at radius 1 is 1.18 bits per heavy atom. The van der Waals surface area contributed by atoms with Crippen LogP contribution < -0.4 is 0 Å². The van der Waals surface area contributed by atoms with Crippen molar-refractivity contribution >= 4 is 22.8 Å². The third-order valence-corrected chi connectivity index (χ3v) is 3.06. The molecule has 106 valence electrons. The Morgan fingerprint density at radius 3 is 2.68 bits per heavy atom. The summed E-state index contributed by atoms with van der Waals surface area (Å²) < 4.78 is 5.39. The minimum Gasteiger partial charge on any atom is -0.477 e. The molecule has 3 aromatic rings. The van der Waals surface area contributed by atoms with Crippen LogP contribution in [0.2, 0.25) is 0 Å². The SMILES string of the molecule is N#CC(=Cc1nnc(-c2ccc3ccccc3c2)o1)C(=O)O. The summed E-state index contributed by atoms with van der Waals surface area (Å²) in [5.41, 5.74) is 0.258. The molecular formula is C16H9N3O3. The van der Waals surface area contributed by atoms with Gasteiger partial charge in [-0.05, 0) is 22.9 Å². The molecule has 0 spiro atoms. The van der Waals surface area contributed by atoms with Gasteiger partial charge in [0.1, 0.15) is 11.6 Å². The van der Waals surface area contributed by atoms with Crippen LogP contribution in [0.4, 0.5) is 0 Å². The van der Waals surface area contributed by atoms with Crippen LogP contribution in [-0.4, -0.2) is 21.3 Å². The van der Waals surface area contributed by atoms with E-state index in [0.29, 0.717) is 0 Å². The predicted octanol–water partition coefficient (Wildman–Crippen LogP) is 2.88. The number of carbonyl (C=O) groups is 1. The monoisotopic (exact) mass is 291 g/mol. The van der Waals surface area contributed by atoms with Crippen LogP contribution in [0.1, 0.15) is 5.89 Å². The number of carboxylic acids is 1. The van der Waals surface area contributed by atoms with E-state index in [1.165, 1.54) is 0 Å². The van der Waals surface area contributed by atoms with Crippen molar-refractivity contribution < 1.29 is 14.3 Å². The first-order chi connectivity index (χ1) is 10.7. The van der Waals surface area contributed by atoms with E-state index in [-0.39, 0.29) is 11.8 Å². The van der Waals surface area contributed by atoms with Crippen LogP contribution in [0.25, 0.3) is 28.3 Å². The summed E-state index contributed by atoms with van der Waals surface area (Å²) in [7, 11) is 0. The Kier molecular flexibility index (Phi) is 3.38. The van der Waals surface area contributed by atoms with Gasteiger partial charge in [0, 0.05) is 11.6 Å². The molecule has 2 aromatic carbocycles. The van der Waals surface area contributed by atoms with Crippen LogP contribution >= 0.6 is 0 Å². The van der Waals surface area contributed by atoms with Gasteiger partial charge in [0.15, 0.2) is 0 Å². The Balaban J connectivity index is 1.99. The van der Waals surface area contributed by atoms with Gasteiger partial charge < -0.3 is 9.52 Å². The summed E-state index contributed by atoms with van der Waals surface area (Å²) in [6, 6.07) is 15.1. The maximum Gasteiger partial charge on any atom is 0.346 e. The molecule has 0 saturated heterocycles. The quantitative estimate of drug-likeness (QED) is 0.588. The van der Waals surface area contributed by atoms with E-state index < -0.39 is 11.5 Å². The van der Waals surface area contributed by atoms with E-state index in [9.17, 15) is 4.79 Å². The number of hydrogen-bond donors (Lipinski definition) is 1. The number of benzene rings is 2. The molecule has 6 heteroatoms. The minimum absolute atomic E-state index is 0.0258. The fourth-order valence-electron chi connectivity index (χ4n) is 2.00. The number of nitriles is 1. The lowest BCUT2D eigenvalue weighted by atomic mass is 10.1. The van der Waals surface area contributed by atoms with E-state index in [2.05, 4.69) is 10.2 Å². The molecule has 0 aliphatic heterocycles. The van der Waals surface area contributed by atoms with Crippen molar-refractivity contribution in [1.82, 2.24) is 10.2 Å². The number of hydrogen-bond acceptors (Lipinski definition) is 5. The molecule has 0 saturated carbocycles. The van der Waals surface area contributed by atoms with Crippen molar-refractivity contribution in [3.63, 3.8) is 0 Å². The molecule has 22 heavy (non-hydrogen) atoms. The summed E-state index contributed by atoms with van der Waals surface area (Å²) >= 11 is 0. The molecule has 0 bridgehead atoms. The summed E-state index contributed by atoms with van der Waals surface area (Å²) in [5, 5.41) is 27.2. The fraction of sp³-hybridized carbons (Fsp3) is 0. The standard InChI is InChI=1S/C16H9N3O3/c17-9-13(16(20)21)8-14-18-19-15(22-14)12-6-5-10-3-1-2-4-11(10)7-12/h1-8H,(H,20,21). The van der Waals surface area contributed by atoms with Crippen molar-refractivity contribution in [1.29, 1.82) is 5.26 Å². The van der Waals surface area contributed by atoms with Gasteiger partial charge in [0.2, 0.25) is 11.8 Å². The largest absolute Gasteiger partial charge is 0.477 e. The average Bonchev–Trinajstić information content (AvgIpc) is 3.00. The molecular weight excluding hydrogens is 282 g/mol. The van der Waals surface area contributed by atoms with Crippen molar-refractivity contribution in [2.75, 3.05) is 0 Å². The molecule has 1 heterocycles. The number of carboxylic acid groups (broad SMARTS) is 1. The Hall–Kier alpha value is -3.46. The van der Waals surface area contributed by atoms with Crippen LogP contribution in [-0.2, 0) is 4.79 Å². The number of nitrogens with zero attached hydrogens (tertiary/aromatic N) is 3. The van der Waals surface area contributed by atoms with Crippen LogP contribution in [0.15, 0.2) is 52.5 Å². The average molecular weight is 291 g/mol. The summed E-state index contributed by atoms with van der Waals surface area (Å²) in [5.74, 6) is -1.10. The lowest BCUT2D eigenvalue weighted by Gasteiger charge is -1.99. The second-order valence-corrected chi connectivity index (χ2v) is 4.48. The number of aliphatic carboxylic acids is 1. The van der Waals surface area contributed by atoms with Gasteiger partial charge in [0.05, 0.1) is 0 Å². The van der Waals surface area contributed by atoms with Gasteiger partial charge >= 0.3 is 5.97 Å². The van der Waals surface area contributed by atoms with Crippen molar-refractivity contribution in [3.8, 4) is 17.5 Å². The lowest BCUT2D eigenvalue weighted by molar-refractivity contribution is -0.132. The highest BCUT2D eigenvalue weighted by atomic mass is 16.4. The fourth-order valence-corrected chi connectivity index (χ4v) is 2.00. The number of fused-ring (bicyclic) bond motifs is 1. The van der Waals surface area contributed by atoms with E-state index in [0.717, 1.165) is 22.4 Å². The van der Waals surface area contributed by atoms with Gasteiger partial charge in [-0.25, -0.2) is 4.79 Å². The van der Waals surface area contributed by atoms with E-state index in [1.807, 2.05) is 42.5 Å². The highest BCUT2D eigenvalue weighted by Crippen LogP contribution is 2.23. The van der Waals surface area contributed by atoms with Gasteiger partial charge in [-0.15, -0.1) is 10.2 Å². The Labute approximate surface area is 124 Å². The molecule has 3 rings (SSSR count). The summed E-state index contributed by atoms with van der Waals surface area (Å²) in [6.07, 6.45) is 1.04. The molecule has 0 unspecified atom stereocenters.